The van der Waals surface area contributed by atoms with Gasteiger partial charge in [0.25, 0.3) is 0 Å². The molecule has 0 saturated carbocycles. The van der Waals surface area contributed by atoms with E-state index in [-0.39, 0.29) is 23.2 Å². The van der Waals surface area contributed by atoms with Crippen molar-refractivity contribution in [1.82, 2.24) is 0 Å². The largest absolute Gasteiger partial charge is 1.00 e. The smallest absolute Gasteiger partial charge is 0.211 e. The molecule has 0 aliphatic carbocycles. The van der Waals surface area contributed by atoms with E-state index in [1.807, 2.05) is 6.07 Å². The molecule has 0 saturated heterocycles. The van der Waals surface area contributed by atoms with Crippen molar-refractivity contribution in [3.63, 3.8) is 0 Å². The molecule has 6 heteroatoms. The van der Waals surface area contributed by atoms with Gasteiger partial charge in [-0.2, -0.15) is 0 Å². The highest BCUT2D eigenvalue weighted by atomic mass is 35.5. The second-order valence-electron chi connectivity index (χ2n) is 3.93. The number of benzene rings is 1. The highest BCUT2D eigenvalue weighted by Gasteiger charge is 2.25. The van der Waals surface area contributed by atoms with E-state index in [4.69, 9.17) is 0 Å². The van der Waals surface area contributed by atoms with Crippen molar-refractivity contribution in [3.8, 4) is 0 Å². The van der Waals surface area contributed by atoms with Crippen LogP contribution in [0, 0.1) is 0 Å². The van der Waals surface area contributed by atoms with Crippen LogP contribution in [0.4, 0.5) is 0 Å². The average Bonchev–Trinajstić information content (AvgIpc) is 1.99. The van der Waals surface area contributed by atoms with Crippen LogP contribution in [-0.4, -0.2) is 26.0 Å². The predicted octanol–water partition coefficient (Wildman–Crippen LogP) is -1.68. The predicted molar refractivity (Wildman–Crippen MR) is 63.8 cm³/mol. The van der Waals surface area contributed by atoms with Gasteiger partial charge >= 0.3 is 0 Å². The molecular weight excluding hydrogens is 268 g/mol. The van der Waals surface area contributed by atoms with Crippen LogP contribution >= 0.6 is 0 Å². The highest BCUT2D eigenvalue weighted by Crippen LogP contribution is 2.09. The van der Waals surface area contributed by atoms with Gasteiger partial charge < -0.3 is 12.4 Å². The van der Waals surface area contributed by atoms with E-state index in [9.17, 15) is 12.6 Å². The molecule has 0 N–H and O–H groups in total. The molecule has 0 amide bonds. The number of rotatable bonds is 4. The van der Waals surface area contributed by atoms with Crippen molar-refractivity contribution >= 4 is 19.8 Å². The standard InChI is InChI=1S/C10H15O3S2.ClH/c1-14(2,11)9-15(12,13)8-10-6-4-3-5-7-10;/h3-7H,8-9H2,1-2H3;1H/q+1;/p-1. The van der Waals surface area contributed by atoms with E-state index < -0.39 is 19.8 Å². The summed E-state index contributed by atoms with van der Waals surface area (Å²) in [4.78, 5) is 0. The Bertz CT molecular complexity index is 462. The van der Waals surface area contributed by atoms with Gasteiger partial charge in [0.2, 0.25) is 5.08 Å². The van der Waals surface area contributed by atoms with Crippen LogP contribution in [0.3, 0.4) is 0 Å². The summed E-state index contributed by atoms with van der Waals surface area (Å²) in [7, 11) is -5.51. The summed E-state index contributed by atoms with van der Waals surface area (Å²) in [5, 5.41) is -0.241. The lowest BCUT2D eigenvalue weighted by atomic mass is 10.2. The number of hydrogen-bond acceptors (Lipinski definition) is 3. The molecule has 0 radical (unpaired) electrons. The molecule has 0 heterocycles. The third-order valence-corrected chi connectivity index (χ3v) is 6.17. The fraction of sp³-hybridized carbons (Fsp3) is 0.400. The summed E-state index contributed by atoms with van der Waals surface area (Å²) in [6.45, 7) is 0. The first-order valence-corrected chi connectivity index (χ1v) is 8.81. The quantitative estimate of drug-likeness (QED) is 0.620. The molecule has 1 aromatic rings. The number of hydrogen-bond donors (Lipinski definition) is 0. The van der Waals surface area contributed by atoms with Gasteiger partial charge in [0.1, 0.15) is 12.5 Å². The molecule has 1 rings (SSSR count). The van der Waals surface area contributed by atoms with Crippen LogP contribution in [0.1, 0.15) is 5.56 Å². The maximum atomic E-state index is 11.6. The molecule has 0 aromatic heterocycles. The molecule has 92 valence electrons. The maximum absolute atomic E-state index is 11.6. The lowest BCUT2D eigenvalue weighted by Gasteiger charge is -2.03. The lowest BCUT2D eigenvalue weighted by Crippen LogP contribution is -3.00. The molecule has 0 aliphatic rings. The van der Waals surface area contributed by atoms with Gasteiger partial charge in [0.05, 0.1) is 15.7 Å². The van der Waals surface area contributed by atoms with E-state index in [0.29, 0.717) is 0 Å². The Hall–Kier alpha value is -0.390. The highest BCUT2D eigenvalue weighted by molar-refractivity contribution is 8.13. The van der Waals surface area contributed by atoms with E-state index in [0.717, 1.165) is 5.56 Å². The summed E-state index contributed by atoms with van der Waals surface area (Å²) in [6, 6.07) is 8.92. The molecule has 0 unspecified atom stereocenters. The summed E-state index contributed by atoms with van der Waals surface area (Å²) < 4.78 is 34.7. The molecule has 16 heavy (non-hydrogen) atoms. The van der Waals surface area contributed by atoms with Gasteiger partial charge in [-0.1, -0.05) is 30.3 Å². The Morgan fingerprint density at radius 2 is 1.62 bits per heavy atom. The summed E-state index contributed by atoms with van der Waals surface area (Å²) in [5.74, 6) is -0.0352. The maximum Gasteiger partial charge on any atom is 0.211 e. The lowest BCUT2D eigenvalue weighted by molar-refractivity contribution is -0.00000731. The minimum atomic E-state index is -3.27. The van der Waals surface area contributed by atoms with Crippen LogP contribution in [0.25, 0.3) is 0 Å². The van der Waals surface area contributed by atoms with Gasteiger partial charge in [-0.3, -0.25) is 0 Å². The first kappa shape index (κ1) is 15.6. The fourth-order valence-electron chi connectivity index (χ4n) is 1.30. The minimum Gasteiger partial charge on any atom is -1.00 e. The Labute approximate surface area is 104 Å². The second kappa shape index (κ2) is 5.80. The van der Waals surface area contributed by atoms with Crippen LogP contribution in [0.15, 0.2) is 30.3 Å². The molecule has 0 aliphatic heterocycles. The van der Waals surface area contributed by atoms with Crippen LogP contribution in [0.2, 0.25) is 0 Å². The molecule has 1 aromatic carbocycles. The van der Waals surface area contributed by atoms with E-state index in [1.54, 1.807) is 24.3 Å². The van der Waals surface area contributed by atoms with Crippen LogP contribution in [0.5, 0.6) is 0 Å². The monoisotopic (exact) mass is 282 g/mol. The Morgan fingerprint density at radius 1 is 1.12 bits per heavy atom. The Kier molecular flexibility index (Phi) is 5.65. The molecule has 0 atom stereocenters. The van der Waals surface area contributed by atoms with Gasteiger partial charge in [-0.05, 0) is 5.56 Å². The number of sulfone groups is 1. The van der Waals surface area contributed by atoms with Crippen molar-refractivity contribution < 1.29 is 25.0 Å². The Balaban J connectivity index is 0.00000225. The third kappa shape index (κ3) is 6.25. The molecular formula is C10H15ClO3S2. The minimum absolute atomic E-state index is 0. The van der Waals surface area contributed by atoms with Crippen molar-refractivity contribution in [3.05, 3.63) is 35.9 Å². The fourth-order valence-corrected chi connectivity index (χ4v) is 5.80. The van der Waals surface area contributed by atoms with Gasteiger partial charge in [0, 0.05) is 0 Å². The third-order valence-electron chi connectivity index (χ3n) is 1.69. The van der Waals surface area contributed by atoms with E-state index in [1.165, 1.54) is 12.5 Å². The zero-order chi connectivity index (χ0) is 11.5. The van der Waals surface area contributed by atoms with Crippen molar-refractivity contribution in [1.29, 1.82) is 0 Å². The first-order valence-electron chi connectivity index (χ1n) is 4.45. The summed E-state index contributed by atoms with van der Waals surface area (Å²) in [6.07, 6.45) is 2.94. The normalized spacial score (nSPS) is 11.9. The van der Waals surface area contributed by atoms with E-state index in [2.05, 4.69) is 0 Å². The van der Waals surface area contributed by atoms with Gasteiger partial charge in [-0.15, -0.1) is 4.21 Å². The van der Waals surface area contributed by atoms with Crippen molar-refractivity contribution in [2.75, 3.05) is 17.6 Å². The van der Waals surface area contributed by atoms with Crippen molar-refractivity contribution in [2.45, 2.75) is 5.75 Å². The second-order valence-corrected chi connectivity index (χ2v) is 9.52. The molecule has 0 fully saturated rings. The van der Waals surface area contributed by atoms with Gasteiger partial charge in [0.15, 0.2) is 9.84 Å². The molecule has 0 bridgehead atoms. The topological polar surface area (TPSA) is 51.2 Å². The summed E-state index contributed by atoms with van der Waals surface area (Å²) >= 11 is 0. The number of halogens is 1. The first-order chi connectivity index (χ1) is 6.79. The SMILES string of the molecule is C[S+](C)(=O)CS(=O)(=O)Cc1ccccc1.[Cl-]. The van der Waals surface area contributed by atoms with Gasteiger partial charge in [-0.25, -0.2) is 8.42 Å². The molecule has 0 spiro atoms. The zero-order valence-corrected chi connectivity index (χ0v) is 11.6. The molecule has 3 nitrogen and oxygen atoms in total. The van der Waals surface area contributed by atoms with Crippen molar-refractivity contribution in [2.24, 2.45) is 0 Å². The van der Waals surface area contributed by atoms with E-state index >= 15 is 0 Å². The average molecular weight is 283 g/mol. The zero-order valence-electron chi connectivity index (χ0n) is 9.22. The summed E-state index contributed by atoms with van der Waals surface area (Å²) in [5.41, 5.74) is 0.737. The van der Waals surface area contributed by atoms with Crippen LogP contribution in [-0.2, 0) is 29.7 Å². The Morgan fingerprint density at radius 3 is 2.06 bits per heavy atom. The van der Waals surface area contributed by atoms with Crippen LogP contribution < -0.4 is 12.4 Å².